The second-order valence-electron chi connectivity index (χ2n) is 4.05. The predicted molar refractivity (Wildman–Crippen MR) is 67.9 cm³/mol. The van der Waals surface area contributed by atoms with Crippen LogP contribution in [0, 0.1) is 0 Å². The van der Waals surface area contributed by atoms with E-state index >= 15 is 0 Å². The summed E-state index contributed by atoms with van der Waals surface area (Å²) >= 11 is 0. The number of hydrogen-bond acceptors (Lipinski definition) is 4. The summed E-state index contributed by atoms with van der Waals surface area (Å²) in [6.07, 6.45) is -0.492. The molecule has 1 aromatic rings. The maximum Gasteiger partial charge on any atom is 0.344 e. The van der Waals surface area contributed by atoms with Gasteiger partial charge in [0.2, 0.25) is 0 Å². The van der Waals surface area contributed by atoms with Crippen LogP contribution in [0.2, 0.25) is 0 Å². The Morgan fingerprint density at radius 3 is 2.56 bits per heavy atom. The van der Waals surface area contributed by atoms with E-state index in [1.165, 1.54) is 7.11 Å². The third-order valence-corrected chi connectivity index (χ3v) is 2.63. The van der Waals surface area contributed by atoms with Gasteiger partial charge >= 0.3 is 5.97 Å². The Morgan fingerprint density at radius 1 is 1.44 bits per heavy atom. The fourth-order valence-electron chi connectivity index (χ4n) is 1.53. The zero-order valence-corrected chi connectivity index (χ0v) is 10.8. The van der Waals surface area contributed by atoms with Gasteiger partial charge in [-0.15, -0.1) is 0 Å². The van der Waals surface area contributed by atoms with Gasteiger partial charge in [0.25, 0.3) is 0 Å². The van der Waals surface area contributed by atoms with Crippen LogP contribution in [0.15, 0.2) is 18.2 Å². The number of hydrogen-bond donors (Lipinski definition) is 2. The van der Waals surface area contributed by atoms with Crippen molar-refractivity contribution in [1.82, 2.24) is 0 Å². The Labute approximate surface area is 107 Å². The number of benzene rings is 1. The molecule has 0 aromatic heterocycles. The largest absolute Gasteiger partial charge is 0.493 e. The molecule has 0 bridgehead atoms. The fraction of sp³-hybridized carbons (Fsp3) is 0.462. The molecular formula is C13H19NO4. The Hall–Kier alpha value is -1.75. The molecule has 5 nitrogen and oxygen atoms in total. The van der Waals surface area contributed by atoms with Crippen LogP contribution in [0.1, 0.15) is 31.9 Å². The van der Waals surface area contributed by atoms with Crippen LogP contribution >= 0.6 is 0 Å². The van der Waals surface area contributed by atoms with Gasteiger partial charge in [0, 0.05) is 6.04 Å². The van der Waals surface area contributed by atoms with Crippen molar-refractivity contribution in [3.05, 3.63) is 23.8 Å². The average molecular weight is 253 g/mol. The van der Waals surface area contributed by atoms with Gasteiger partial charge in [0.1, 0.15) is 0 Å². The topological polar surface area (TPSA) is 81.8 Å². The van der Waals surface area contributed by atoms with E-state index in [4.69, 9.17) is 20.3 Å². The highest BCUT2D eigenvalue weighted by Gasteiger charge is 2.19. The smallest absolute Gasteiger partial charge is 0.344 e. The predicted octanol–water partition coefficient (Wildman–Crippen LogP) is 1.96. The van der Waals surface area contributed by atoms with Crippen molar-refractivity contribution in [2.45, 2.75) is 32.4 Å². The number of carboxylic acid groups (broad SMARTS) is 1. The van der Waals surface area contributed by atoms with Gasteiger partial charge in [0.15, 0.2) is 17.6 Å². The molecular weight excluding hydrogens is 234 g/mol. The Morgan fingerprint density at radius 2 is 2.11 bits per heavy atom. The number of methoxy groups -OCH3 is 1. The highest BCUT2D eigenvalue weighted by atomic mass is 16.5. The summed E-state index contributed by atoms with van der Waals surface area (Å²) in [6.45, 7) is 3.61. The van der Waals surface area contributed by atoms with Crippen molar-refractivity contribution < 1.29 is 19.4 Å². The summed E-state index contributed by atoms with van der Waals surface area (Å²) in [4.78, 5) is 10.9. The van der Waals surface area contributed by atoms with Gasteiger partial charge in [-0.1, -0.05) is 13.0 Å². The summed E-state index contributed by atoms with van der Waals surface area (Å²) in [5.41, 5.74) is 6.68. The number of carboxylic acids is 1. The quantitative estimate of drug-likeness (QED) is 0.809. The Bertz CT molecular complexity index is 417. The van der Waals surface area contributed by atoms with E-state index in [1.54, 1.807) is 25.1 Å². The molecule has 0 fully saturated rings. The molecule has 0 saturated heterocycles. The second kappa shape index (κ2) is 6.26. The first kappa shape index (κ1) is 14.3. The minimum atomic E-state index is -0.990. The normalized spacial score (nSPS) is 13.8. The first-order valence-electron chi connectivity index (χ1n) is 5.82. The van der Waals surface area contributed by atoms with Crippen LogP contribution in [0.4, 0.5) is 0 Å². The van der Waals surface area contributed by atoms with Gasteiger partial charge in [-0.25, -0.2) is 4.79 Å². The van der Waals surface area contributed by atoms with Crippen LogP contribution in [-0.2, 0) is 4.79 Å². The molecule has 0 aliphatic carbocycles. The summed E-state index contributed by atoms with van der Waals surface area (Å²) in [7, 11) is 1.51. The summed E-state index contributed by atoms with van der Waals surface area (Å²) in [6, 6.07) is 5.13. The first-order valence-corrected chi connectivity index (χ1v) is 5.82. The zero-order chi connectivity index (χ0) is 13.7. The number of nitrogens with two attached hydrogens (primary N) is 1. The molecule has 0 saturated carbocycles. The molecule has 1 unspecified atom stereocenters. The number of rotatable bonds is 6. The van der Waals surface area contributed by atoms with Gasteiger partial charge in [-0.05, 0) is 31.0 Å². The van der Waals surface area contributed by atoms with E-state index in [0.717, 1.165) is 5.56 Å². The number of ether oxygens (including phenoxy) is 2. The molecule has 1 rings (SSSR count). The molecule has 0 heterocycles. The highest BCUT2D eigenvalue weighted by molar-refractivity contribution is 5.72. The number of aliphatic carboxylic acids is 1. The fourth-order valence-corrected chi connectivity index (χ4v) is 1.53. The molecule has 1 aromatic carbocycles. The van der Waals surface area contributed by atoms with Crippen molar-refractivity contribution in [1.29, 1.82) is 0 Å². The van der Waals surface area contributed by atoms with Crippen LogP contribution < -0.4 is 15.2 Å². The van der Waals surface area contributed by atoms with Crippen molar-refractivity contribution in [3.8, 4) is 11.5 Å². The maximum atomic E-state index is 10.9. The summed E-state index contributed by atoms with van der Waals surface area (Å²) < 4.78 is 10.6. The highest BCUT2D eigenvalue weighted by Crippen LogP contribution is 2.30. The lowest BCUT2D eigenvalue weighted by Crippen LogP contribution is -2.26. The van der Waals surface area contributed by atoms with Gasteiger partial charge in [0.05, 0.1) is 7.11 Å². The van der Waals surface area contributed by atoms with Crippen molar-refractivity contribution in [2.75, 3.05) is 7.11 Å². The van der Waals surface area contributed by atoms with Gasteiger partial charge < -0.3 is 20.3 Å². The first-order chi connectivity index (χ1) is 8.49. The third-order valence-electron chi connectivity index (χ3n) is 2.63. The lowest BCUT2D eigenvalue weighted by Gasteiger charge is -2.17. The molecule has 0 aliphatic rings. The van der Waals surface area contributed by atoms with Crippen LogP contribution in [0.3, 0.4) is 0 Å². The van der Waals surface area contributed by atoms with Crippen LogP contribution in [0.5, 0.6) is 11.5 Å². The van der Waals surface area contributed by atoms with E-state index in [9.17, 15) is 4.79 Å². The van der Waals surface area contributed by atoms with E-state index in [0.29, 0.717) is 17.9 Å². The minimum Gasteiger partial charge on any atom is -0.493 e. The van der Waals surface area contributed by atoms with Crippen LogP contribution in [-0.4, -0.2) is 24.3 Å². The Kier molecular flexibility index (Phi) is 4.97. The van der Waals surface area contributed by atoms with Gasteiger partial charge in [-0.3, -0.25) is 0 Å². The zero-order valence-electron chi connectivity index (χ0n) is 10.8. The molecule has 18 heavy (non-hydrogen) atoms. The van der Waals surface area contributed by atoms with Crippen LogP contribution in [0.25, 0.3) is 0 Å². The van der Waals surface area contributed by atoms with Gasteiger partial charge in [-0.2, -0.15) is 0 Å². The monoisotopic (exact) mass is 253 g/mol. The minimum absolute atomic E-state index is 0.116. The standard InChI is InChI=1S/C13H19NO4/c1-4-10(13(15)16)18-11-6-5-9(8(2)14)7-12(11)17-3/h5-8,10H,4,14H2,1-3H3,(H,15,16)/t8-,10?/m0/s1. The van der Waals surface area contributed by atoms with E-state index in [2.05, 4.69) is 0 Å². The maximum absolute atomic E-state index is 10.9. The third kappa shape index (κ3) is 3.37. The number of carbonyl (C=O) groups is 1. The molecule has 2 atom stereocenters. The molecule has 0 aliphatic heterocycles. The summed E-state index contributed by atoms with van der Waals surface area (Å²) in [5.74, 6) is -0.0866. The lowest BCUT2D eigenvalue weighted by atomic mass is 10.1. The van der Waals surface area contributed by atoms with Crippen molar-refractivity contribution >= 4 is 5.97 Å². The van der Waals surface area contributed by atoms with E-state index < -0.39 is 12.1 Å². The molecule has 0 radical (unpaired) electrons. The molecule has 0 amide bonds. The summed E-state index contributed by atoms with van der Waals surface area (Å²) in [5, 5.41) is 8.96. The average Bonchev–Trinajstić information content (AvgIpc) is 2.35. The van der Waals surface area contributed by atoms with E-state index in [-0.39, 0.29) is 6.04 Å². The SMILES string of the molecule is CCC(Oc1ccc([C@H](C)N)cc1OC)C(=O)O. The molecule has 100 valence electrons. The second-order valence-corrected chi connectivity index (χ2v) is 4.05. The lowest BCUT2D eigenvalue weighted by molar-refractivity contribution is -0.145. The molecule has 5 heteroatoms. The Balaban J connectivity index is 2.98. The van der Waals surface area contributed by atoms with Crippen molar-refractivity contribution in [3.63, 3.8) is 0 Å². The molecule has 0 spiro atoms. The van der Waals surface area contributed by atoms with E-state index in [1.807, 2.05) is 6.92 Å². The van der Waals surface area contributed by atoms with Crippen molar-refractivity contribution in [2.24, 2.45) is 5.73 Å². The molecule has 3 N–H and O–H groups in total.